The summed E-state index contributed by atoms with van der Waals surface area (Å²) in [6.45, 7) is 6.97. The molecular weight excluding hydrogens is 260 g/mol. The summed E-state index contributed by atoms with van der Waals surface area (Å²) >= 11 is 0. The molecular formula is C18H32N2O. The summed E-state index contributed by atoms with van der Waals surface area (Å²) in [4.78, 5) is 0. The van der Waals surface area contributed by atoms with Crippen LogP contribution in [0.4, 0.5) is 0 Å². The van der Waals surface area contributed by atoms with Crippen LogP contribution in [0, 0.1) is 28.1 Å². The zero-order chi connectivity index (χ0) is 14.7. The molecule has 0 spiro atoms. The van der Waals surface area contributed by atoms with E-state index >= 15 is 0 Å². The van der Waals surface area contributed by atoms with Gasteiger partial charge in [-0.1, -0.05) is 13.8 Å². The van der Waals surface area contributed by atoms with Crippen LogP contribution in [0.25, 0.3) is 0 Å². The molecule has 0 aromatic carbocycles. The highest BCUT2D eigenvalue weighted by Crippen LogP contribution is 2.71. The second-order valence-corrected chi connectivity index (χ2v) is 9.59. The Bertz CT molecular complexity index is 399. The zero-order valence-corrected chi connectivity index (χ0v) is 13.8. The Morgan fingerprint density at radius 2 is 1.62 bits per heavy atom. The summed E-state index contributed by atoms with van der Waals surface area (Å²) < 4.78 is 5.58. The smallest absolute Gasteiger partial charge is 0.0469 e. The fraction of sp³-hybridized carbons (Fsp3) is 1.00. The van der Waals surface area contributed by atoms with Gasteiger partial charge in [0.1, 0.15) is 0 Å². The Labute approximate surface area is 129 Å². The summed E-state index contributed by atoms with van der Waals surface area (Å²) in [5.41, 5.74) is 4.92. The van der Waals surface area contributed by atoms with Gasteiger partial charge >= 0.3 is 0 Å². The van der Waals surface area contributed by atoms with Crippen molar-refractivity contribution >= 4 is 0 Å². The third-order valence-electron chi connectivity index (χ3n) is 7.25. The van der Waals surface area contributed by atoms with Crippen LogP contribution < -0.4 is 11.3 Å². The third kappa shape index (κ3) is 2.27. The average molecular weight is 292 g/mol. The third-order valence-corrected chi connectivity index (χ3v) is 7.25. The van der Waals surface area contributed by atoms with E-state index in [0.717, 1.165) is 19.1 Å². The van der Waals surface area contributed by atoms with Crippen LogP contribution in [-0.4, -0.2) is 19.3 Å². The SMILES string of the molecule is CC12CC3CC(C)(C1)CC(C(NN)C1CCOCC1)(C3)C2. The van der Waals surface area contributed by atoms with Crippen molar-refractivity contribution in [1.82, 2.24) is 5.43 Å². The highest BCUT2D eigenvalue weighted by Gasteiger charge is 2.62. The van der Waals surface area contributed by atoms with E-state index in [-0.39, 0.29) is 0 Å². The maximum atomic E-state index is 6.12. The monoisotopic (exact) mass is 292 g/mol. The van der Waals surface area contributed by atoms with Crippen molar-refractivity contribution in [3.63, 3.8) is 0 Å². The highest BCUT2D eigenvalue weighted by molar-refractivity contribution is 5.14. The molecule has 4 saturated carbocycles. The predicted octanol–water partition coefficient (Wildman–Crippen LogP) is 3.24. The lowest BCUT2D eigenvalue weighted by Crippen LogP contribution is -2.64. The van der Waals surface area contributed by atoms with E-state index in [4.69, 9.17) is 10.6 Å². The minimum absolute atomic E-state index is 0.458. The van der Waals surface area contributed by atoms with Crippen molar-refractivity contribution in [2.24, 2.45) is 33.9 Å². The van der Waals surface area contributed by atoms with E-state index in [9.17, 15) is 0 Å². The van der Waals surface area contributed by atoms with E-state index < -0.39 is 0 Å². The van der Waals surface area contributed by atoms with Gasteiger partial charge in [-0.25, -0.2) is 0 Å². The molecule has 4 bridgehead atoms. The molecule has 4 aliphatic carbocycles. The van der Waals surface area contributed by atoms with Gasteiger partial charge in [-0.15, -0.1) is 0 Å². The highest BCUT2D eigenvalue weighted by atomic mass is 16.5. The van der Waals surface area contributed by atoms with Crippen molar-refractivity contribution < 1.29 is 4.74 Å². The van der Waals surface area contributed by atoms with E-state index in [2.05, 4.69) is 19.3 Å². The molecule has 120 valence electrons. The molecule has 3 nitrogen and oxygen atoms in total. The summed E-state index contributed by atoms with van der Waals surface area (Å²) in [6.07, 6.45) is 11.0. The Balaban J connectivity index is 1.65. The van der Waals surface area contributed by atoms with Crippen molar-refractivity contribution in [1.29, 1.82) is 0 Å². The summed E-state index contributed by atoms with van der Waals surface area (Å²) in [6, 6.07) is 0.503. The molecule has 0 aromatic heterocycles. The largest absolute Gasteiger partial charge is 0.381 e. The first-order valence-corrected chi connectivity index (χ1v) is 9.00. The molecule has 1 saturated heterocycles. The molecule has 5 rings (SSSR count). The lowest BCUT2D eigenvalue weighted by atomic mass is 9.38. The van der Waals surface area contributed by atoms with E-state index in [1.54, 1.807) is 0 Å². The van der Waals surface area contributed by atoms with Gasteiger partial charge in [-0.2, -0.15) is 0 Å². The van der Waals surface area contributed by atoms with Crippen LogP contribution >= 0.6 is 0 Å². The number of hydrogen-bond acceptors (Lipinski definition) is 3. The standard InChI is InChI=1S/C18H32N2O/c1-16-7-13-8-17(2,10-16)12-18(9-13,11-16)15(20-19)14-3-5-21-6-4-14/h13-15,20H,3-12,19H2,1-2H3. The summed E-state index contributed by atoms with van der Waals surface area (Å²) in [7, 11) is 0. The van der Waals surface area contributed by atoms with Crippen LogP contribution in [0.3, 0.4) is 0 Å². The van der Waals surface area contributed by atoms with Gasteiger partial charge in [0.2, 0.25) is 0 Å². The van der Waals surface area contributed by atoms with Crippen molar-refractivity contribution in [3.8, 4) is 0 Å². The van der Waals surface area contributed by atoms with Crippen LogP contribution in [0.1, 0.15) is 65.2 Å². The fourth-order valence-corrected chi connectivity index (χ4v) is 7.74. The number of hydrazine groups is 1. The van der Waals surface area contributed by atoms with Gasteiger partial charge in [0.25, 0.3) is 0 Å². The molecule has 3 unspecified atom stereocenters. The van der Waals surface area contributed by atoms with Gasteiger partial charge < -0.3 is 4.74 Å². The second kappa shape index (κ2) is 4.69. The Kier molecular flexibility index (Phi) is 3.23. The minimum atomic E-state index is 0.458. The second-order valence-electron chi connectivity index (χ2n) is 9.59. The summed E-state index contributed by atoms with van der Waals surface area (Å²) in [5, 5.41) is 0. The molecule has 3 N–H and O–H groups in total. The number of rotatable bonds is 3. The minimum Gasteiger partial charge on any atom is -0.381 e. The molecule has 3 heteroatoms. The van der Waals surface area contributed by atoms with E-state index in [1.807, 2.05) is 0 Å². The molecule has 0 amide bonds. The van der Waals surface area contributed by atoms with Gasteiger partial charge in [-0.3, -0.25) is 11.3 Å². The van der Waals surface area contributed by atoms with Crippen molar-refractivity contribution in [2.45, 2.75) is 71.3 Å². The molecule has 0 radical (unpaired) electrons. The Hall–Kier alpha value is -0.120. The maximum absolute atomic E-state index is 6.12. The zero-order valence-electron chi connectivity index (χ0n) is 13.8. The molecule has 3 atom stereocenters. The van der Waals surface area contributed by atoms with E-state index in [1.165, 1.54) is 51.4 Å². The van der Waals surface area contributed by atoms with Crippen LogP contribution in [0.15, 0.2) is 0 Å². The summed E-state index contributed by atoms with van der Waals surface area (Å²) in [5.74, 6) is 7.79. The van der Waals surface area contributed by atoms with E-state index in [0.29, 0.717) is 28.2 Å². The lowest BCUT2D eigenvalue weighted by molar-refractivity contribution is -0.167. The first kappa shape index (κ1) is 14.5. The fourth-order valence-electron chi connectivity index (χ4n) is 7.74. The Morgan fingerprint density at radius 3 is 2.14 bits per heavy atom. The molecule has 5 fully saturated rings. The first-order valence-electron chi connectivity index (χ1n) is 9.00. The number of nitrogens with one attached hydrogen (secondary N) is 1. The lowest BCUT2D eigenvalue weighted by Gasteiger charge is -2.68. The quantitative estimate of drug-likeness (QED) is 0.620. The van der Waals surface area contributed by atoms with Crippen LogP contribution in [0.2, 0.25) is 0 Å². The van der Waals surface area contributed by atoms with Gasteiger partial charge in [0.15, 0.2) is 0 Å². The maximum Gasteiger partial charge on any atom is 0.0469 e. The van der Waals surface area contributed by atoms with Crippen LogP contribution in [-0.2, 0) is 4.74 Å². The average Bonchev–Trinajstić information content (AvgIpc) is 2.36. The predicted molar refractivity (Wildman–Crippen MR) is 84.5 cm³/mol. The van der Waals surface area contributed by atoms with Crippen molar-refractivity contribution in [2.75, 3.05) is 13.2 Å². The van der Waals surface area contributed by atoms with Crippen molar-refractivity contribution in [3.05, 3.63) is 0 Å². The van der Waals surface area contributed by atoms with Gasteiger partial charge in [0.05, 0.1) is 0 Å². The number of hydrogen-bond donors (Lipinski definition) is 2. The molecule has 21 heavy (non-hydrogen) atoms. The Morgan fingerprint density at radius 1 is 1.00 bits per heavy atom. The topological polar surface area (TPSA) is 47.3 Å². The number of nitrogens with two attached hydrogens (primary N) is 1. The van der Waals surface area contributed by atoms with Gasteiger partial charge in [0, 0.05) is 19.3 Å². The van der Waals surface area contributed by atoms with Gasteiger partial charge in [-0.05, 0) is 79.4 Å². The molecule has 0 aromatic rings. The normalized spacial score (nSPS) is 51.3. The molecule has 5 aliphatic rings. The number of ether oxygens (including phenoxy) is 1. The van der Waals surface area contributed by atoms with Crippen LogP contribution in [0.5, 0.6) is 0 Å². The first-order chi connectivity index (χ1) is 9.96. The molecule has 1 aliphatic heterocycles. The molecule has 1 heterocycles.